The Hall–Kier alpha value is -0.900. The predicted molar refractivity (Wildman–Crippen MR) is 45.7 cm³/mol. The van der Waals surface area contributed by atoms with Gasteiger partial charge in [0.25, 0.3) is 5.91 Å². The fraction of sp³-hybridized carbons (Fsp3) is 0.750. The standard InChI is InChI=1S/C8H14N2O2/c1-3-7-6(2)9-10(4-5-11)8(7)12/h7,11H,3-5H2,1-2H3. The highest BCUT2D eigenvalue weighted by atomic mass is 16.3. The molecule has 1 aliphatic heterocycles. The van der Waals surface area contributed by atoms with Gasteiger partial charge in [0.05, 0.1) is 19.1 Å². The lowest BCUT2D eigenvalue weighted by atomic mass is 10.0. The first-order valence-corrected chi connectivity index (χ1v) is 4.18. The van der Waals surface area contributed by atoms with Crippen molar-refractivity contribution in [3.63, 3.8) is 0 Å². The lowest BCUT2D eigenvalue weighted by Gasteiger charge is -2.10. The lowest BCUT2D eigenvalue weighted by Crippen LogP contribution is -2.29. The normalized spacial score (nSPS) is 23.2. The van der Waals surface area contributed by atoms with E-state index in [1.54, 1.807) is 0 Å². The van der Waals surface area contributed by atoms with Crippen LogP contribution in [0.3, 0.4) is 0 Å². The monoisotopic (exact) mass is 170 g/mol. The summed E-state index contributed by atoms with van der Waals surface area (Å²) in [6.07, 6.45) is 0.788. The van der Waals surface area contributed by atoms with Crippen molar-refractivity contribution in [3.05, 3.63) is 0 Å². The molecule has 0 saturated heterocycles. The number of rotatable bonds is 3. The molecule has 1 N–H and O–H groups in total. The van der Waals surface area contributed by atoms with Crippen LogP contribution in [0.4, 0.5) is 0 Å². The minimum absolute atomic E-state index is 0.0176. The Balaban J connectivity index is 2.66. The highest BCUT2D eigenvalue weighted by Crippen LogP contribution is 2.17. The number of aliphatic hydroxyl groups is 1. The molecule has 1 unspecified atom stereocenters. The van der Waals surface area contributed by atoms with Crippen LogP contribution in [-0.2, 0) is 4.79 Å². The molecular weight excluding hydrogens is 156 g/mol. The van der Waals surface area contributed by atoms with Crippen LogP contribution in [0.25, 0.3) is 0 Å². The topological polar surface area (TPSA) is 52.9 Å². The fourth-order valence-electron chi connectivity index (χ4n) is 1.39. The van der Waals surface area contributed by atoms with E-state index in [1.807, 2.05) is 13.8 Å². The van der Waals surface area contributed by atoms with Crippen LogP contribution in [0.5, 0.6) is 0 Å². The zero-order chi connectivity index (χ0) is 9.14. The van der Waals surface area contributed by atoms with Crippen LogP contribution in [0.1, 0.15) is 20.3 Å². The predicted octanol–water partition coefficient (Wildman–Crippen LogP) is 0.223. The van der Waals surface area contributed by atoms with Gasteiger partial charge in [-0.1, -0.05) is 6.92 Å². The maximum Gasteiger partial charge on any atom is 0.251 e. The number of hydrogen-bond acceptors (Lipinski definition) is 3. The SMILES string of the molecule is CCC1C(=O)N(CCO)N=C1C. The molecule has 0 aliphatic carbocycles. The van der Waals surface area contributed by atoms with Gasteiger partial charge in [-0.3, -0.25) is 4.79 Å². The number of hydrogen-bond donors (Lipinski definition) is 1. The molecule has 1 aliphatic rings. The molecule has 4 heteroatoms. The van der Waals surface area contributed by atoms with Crippen molar-refractivity contribution in [3.8, 4) is 0 Å². The molecule has 1 rings (SSSR count). The first kappa shape index (κ1) is 9.19. The van der Waals surface area contributed by atoms with E-state index in [-0.39, 0.29) is 18.4 Å². The quantitative estimate of drug-likeness (QED) is 0.659. The van der Waals surface area contributed by atoms with Gasteiger partial charge in [0.2, 0.25) is 0 Å². The largest absolute Gasteiger partial charge is 0.394 e. The number of nitrogens with zero attached hydrogens (tertiary/aromatic N) is 2. The third-order valence-corrected chi connectivity index (χ3v) is 2.06. The Labute approximate surface area is 71.9 Å². The molecule has 12 heavy (non-hydrogen) atoms. The van der Waals surface area contributed by atoms with Gasteiger partial charge in [0.1, 0.15) is 0 Å². The second kappa shape index (κ2) is 3.67. The molecule has 0 fully saturated rings. The summed E-state index contributed by atoms with van der Waals surface area (Å²) >= 11 is 0. The Kier molecular flexibility index (Phi) is 2.81. The summed E-state index contributed by atoms with van der Waals surface area (Å²) in [5, 5.41) is 14.0. The highest BCUT2D eigenvalue weighted by Gasteiger charge is 2.31. The molecular formula is C8H14N2O2. The van der Waals surface area contributed by atoms with Gasteiger partial charge in [-0.25, -0.2) is 5.01 Å². The van der Waals surface area contributed by atoms with Gasteiger partial charge in [-0.2, -0.15) is 5.10 Å². The van der Waals surface area contributed by atoms with Crippen molar-refractivity contribution >= 4 is 11.6 Å². The van der Waals surface area contributed by atoms with Gasteiger partial charge < -0.3 is 5.11 Å². The van der Waals surface area contributed by atoms with Crippen LogP contribution >= 0.6 is 0 Å². The van der Waals surface area contributed by atoms with Gasteiger partial charge in [0.15, 0.2) is 0 Å². The van der Waals surface area contributed by atoms with Gasteiger partial charge in [-0.05, 0) is 13.3 Å². The summed E-state index contributed by atoms with van der Waals surface area (Å²) in [7, 11) is 0. The molecule has 0 spiro atoms. The third-order valence-electron chi connectivity index (χ3n) is 2.06. The first-order valence-electron chi connectivity index (χ1n) is 4.18. The molecule has 0 aromatic heterocycles. The summed E-state index contributed by atoms with van der Waals surface area (Å²) in [6.45, 7) is 4.10. The maximum atomic E-state index is 11.4. The molecule has 0 bridgehead atoms. The molecule has 0 aromatic rings. The van der Waals surface area contributed by atoms with E-state index in [4.69, 9.17) is 5.11 Å². The summed E-state index contributed by atoms with van der Waals surface area (Å²) in [5.74, 6) is -0.0411. The number of β-amino-alcohol motifs (C(OH)–C–C–N with tert-alkyl or cyclic N) is 1. The van der Waals surface area contributed by atoms with Crippen LogP contribution in [-0.4, -0.2) is 34.9 Å². The molecule has 68 valence electrons. The Morgan fingerprint density at radius 1 is 1.67 bits per heavy atom. The number of amides is 1. The van der Waals surface area contributed by atoms with Crippen molar-refractivity contribution in [1.82, 2.24) is 5.01 Å². The molecule has 0 aromatic carbocycles. The lowest BCUT2D eigenvalue weighted by molar-refractivity contribution is -0.132. The number of hydrazone groups is 1. The van der Waals surface area contributed by atoms with E-state index in [0.29, 0.717) is 6.54 Å². The van der Waals surface area contributed by atoms with Crippen molar-refractivity contribution in [2.45, 2.75) is 20.3 Å². The number of carbonyl (C=O) groups excluding carboxylic acids is 1. The second-order valence-electron chi connectivity index (χ2n) is 2.89. The first-order chi connectivity index (χ1) is 5.70. The van der Waals surface area contributed by atoms with Crippen molar-refractivity contribution in [1.29, 1.82) is 0 Å². The van der Waals surface area contributed by atoms with Crippen LogP contribution < -0.4 is 0 Å². The highest BCUT2D eigenvalue weighted by molar-refractivity contribution is 6.06. The van der Waals surface area contributed by atoms with E-state index in [2.05, 4.69) is 5.10 Å². The average molecular weight is 170 g/mol. The van der Waals surface area contributed by atoms with Gasteiger partial charge in [0, 0.05) is 5.71 Å². The minimum atomic E-state index is -0.0588. The van der Waals surface area contributed by atoms with Crippen molar-refractivity contribution in [2.75, 3.05) is 13.2 Å². The zero-order valence-electron chi connectivity index (χ0n) is 7.45. The Morgan fingerprint density at radius 3 is 2.75 bits per heavy atom. The van der Waals surface area contributed by atoms with E-state index in [1.165, 1.54) is 5.01 Å². The second-order valence-corrected chi connectivity index (χ2v) is 2.89. The molecule has 1 heterocycles. The molecule has 4 nitrogen and oxygen atoms in total. The smallest absolute Gasteiger partial charge is 0.251 e. The van der Waals surface area contributed by atoms with Crippen LogP contribution in [0.2, 0.25) is 0 Å². The summed E-state index contributed by atoms with van der Waals surface area (Å²) in [4.78, 5) is 11.4. The van der Waals surface area contributed by atoms with Crippen molar-refractivity contribution < 1.29 is 9.90 Å². The van der Waals surface area contributed by atoms with Gasteiger partial charge >= 0.3 is 0 Å². The number of aliphatic hydroxyl groups excluding tert-OH is 1. The molecule has 0 radical (unpaired) electrons. The van der Waals surface area contributed by atoms with E-state index in [0.717, 1.165) is 12.1 Å². The third kappa shape index (κ3) is 1.48. The average Bonchev–Trinajstić information content (AvgIpc) is 2.29. The van der Waals surface area contributed by atoms with E-state index >= 15 is 0 Å². The van der Waals surface area contributed by atoms with Crippen LogP contribution in [0, 0.1) is 5.92 Å². The zero-order valence-corrected chi connectivity index (χ0v) is 7.45. The van der Waals surface area contributed by atoms with Crippen LogP contribution in [0.15, 0.2) is 5.10 Å². The van der Waals surface area contributed by atoms with Gasteiger partial charge in [-0.15, -0.1) is 0 Å². The summed E-state index contributed by atoms with van der Waals surface area (Å²) in [5.41, 5.74) is 0.857. The van der Waals surface area contributed by atoms with E-state index < -0.39 is 0 Å². The minimum Gasteiger partial charge on any atom is -0.394 e. The molecule has 1 amide bonds. The Bertz CT molecular complexity index is 213. The van der Waals surface area contributed by atoms with Crippen molar-refractivity contribution in [2.24, 2.45) is 11.0 Å². The van der Waals surface area contributed by atoms with E-state index in [9.17, 15) is 4.79 Å². The summed E-state index contributed by atoms with van der Waals surface area (Å²) < 4.78 is 0. The number of carbonyl (C=O) groups is 1. The maximum absolute atomic E-state index is 11.4. The fourth-order valence-corrected chi connectivity index (χ4v) is 1.39. The molecule has 1 atom stereocenters. The Morgan fingerprint density at radius 2 is 2.33 bits per heavy atom. The molecule has 0 saturated carbocycles. The summed E-state index contributed by atoms with van der Waals surface area (Å²) in [6, 6.07) is 0.